The van der Waals surface area contributed by atoms with E-state index in [4.69, 9.17) is 0 Å². The van der Waals surface area contributed by atoms with Gasteiger partial charge in [-0.05, 0) is 37.5 Å². The maximum Gasteiger partial charge on any atom is 0.265 e. The Hall–Kier alpha value is -2.53. The van der Waals surface area contributed by atoms with Gasteiger partial charge in [0, 0.05) is 24.1 Å². The number of para-hydroxylation sites is 1. The van der Waals surface area contributed by atoms with E-state index >= 15 is 0 Å². The molecule has 2 aromatic carbocycles. The molecule has 0 unspecified atom stereocenters. The van der Waals surface area contributed by atoms with Crippen LogP contribution >= 0.6 is 11.8 Å². The molecule has 26 heavy (non-hydrogen) atoms. The van der Waals surface area contributed by atoms with Gasteiger partial charge < -0.3 is 10.2 Å². The summed E-state index contributed by atoms with van der Waals surface area (Å²) in [6.07, 6.45) is 3.17. The molecule has 1 heterocycles. The molecule has 0 bridgehead atoms. The van der Waals surface area contributed by atoms with E-state index < -0.39 is 0 Å². The van der Waals surface area contributed by atoms with E-state index in [2.05, 4.69) is 17.4 Å². The summed E-state index contributed by atoms with van der Waals surface area (Å²) in [5, 5.41) is 2.96. The molecule has 0 saturated carbocycles. The van der Waals surface area contributed by atoms with E-state index in [1.165, 1.54) is 23.4 Å². The van der Waals surface area contributed by atoms with E-state index in [-0.39, 0.29) is 17.9 Å². The Labute approximate surface area is 158 Å². The summed E-state index contributed by atoms with van der Waals surface area (Å²) >= 11 is 1.34. The zero-order valence-corrected chi connectivity index (χ0v) is 15.8. The van der Waals surface area contributed by atoms with Crippen molar-refractivity contribution in [3.63, 3.8) is 0 Å². The number of amides is 2. The van der Waals surface area contributed by atoms with Gasteiger partial charge in [-0.2, -0.15) is 0 Å². The summed E-state index contributed by atoms with van der Waals surface area (Å²) in [7, 11) is 1.73. The second-order valence-corrected chi connectivity index (χ2v) is 7.46. The van der Waals surface area contributed by atoms with Crippen molar-refractivity contribution < 1.29 is 9.59 Å². The predicted octanol–water partition coefficient (Wildman–Crippen LogP) is 3.78. The quantitative estimate of drug-likeness (QED) is 0.820. The third kappa shape index (κ3) is 4.35. The fraction of sp³-hybridized carbons (Fsp3) is 0.238. The summed E-state index contributed by atoms with van der Waals surface area (Å²) in [6, 6.07) is 17.9. The molecule has 134 valence electrons. The first-order valence-electron chi connectivity index (χ1n) is 8.65. The summed E-state index contributed by atoms with van der Waals surface area (Å²) in [6.45, 7) is 1.98. The van der Waals surface area contributed by atoms with Crippen molar-refractivity contribution in [3.8, 4) is 0 Å². The first-order valence-corrected chi connectivity index (χ1v) is 9.47. The first kappa shape index (κ1) is 18.3. The summed E-state index contributed by atoms with van der Waals surface area (Å²) < 4.78 is 0. The van der Waals surface area contributed by atoms with Crippen molar-refractivity contribution in [2.75, 3.05) is 11.9 Å². The van der Waals surface area contributed by atoms with Gasteiger partial charge in [0.1, 0.15) is 0 Å². The van der Waals surface area contributed by atoms with Crippen LogP contribution in [0.15, 0.2) is 70.5 Å². The van der Waals surface area contributed by atoms with Crippen LogP contribution in [0.25, 0.3) is 0 Å². The normalized spacial score (nSPS) is 16.3. The van der Waals surface area contributed by atoms with Gasteiger partial charge in [0.2, 0.25) is 5.91 Å². The van der Waals surface area contributed by atoms with Crippen LogP contribution in [-0.2, 0) is 16.0 Å². The Morgan fingerprint density at radius 3 is 2.62 bits per heavy atom. The molecule has 3 rings (SSSR count). The lowest BCUT2D eigenvalue weighted by Gasteiger charge is -2.26. The number of nitrogens with zero attached hydrogens (tertiary/aromatic N) is 1. The summed E-state index contributed by atoms with van der Waals surface area (Å²) in [5.74, 6) is -0.380. The first-order chi connectivity index (χ1) is 12.5. The van der Waals surface area contributed by atoms with Gasteiger partial charge in [-0.25, -0.2) is 0 Å². The van der Waals surface area contributed by atoms with Crippen LogP contribution in [0, 0.1) is 0 Å². The molecule has 0 aromatic heterocycles. The molecule has 0 aliphatic carbocycles. The Morgan fingerprint density at radius 1 is 1.15 bits per heavy atom. The highest BCUT2D eigenvalue weighted by Crippen LogP contribution is 2.40. The van der Waals surface area contributed by atoms with Gasteiger partial charge in [0.15, 0.2) is 0 Å². The predicted molar refractivity (Wildman–Crippen MR) is 106 cm³/mol. The molecule has 2 amide bonds. The topological polar surface area (TPSA) is 49.4 Å². The molecule has 1 atom stereocenters. The number of hydrogen-bond acceptors (Lipinski definition) is 3. The Kier molecular flexibility index (Phi) is 5.78. The molecule has 1 aliphatic rings. The largest absolute Gasteiger partial charge is 0.350 e. The number of aryl methyl sites for hydroxylation is 1. The average molecular weight is 366 g/mol. The van der Waals surface area contributed by atoms with Gasteiger partial charge in [-0.3, -0.25) is 9.59 Å². The van der Waals surface area contributed by atoms with Crippen molar-refractivity contribution in [2.24, 2.45) is 0 Å². The number of hydrogen-bond donors (Lipinski definition) is 1. The number of carbonyl (C=O) groups is 2. The number of nitrogens with one attached hydrogen (secondary N) is 1. The van der Waals surface area contributed by atoms with Gasteiger partial charge in [-0.15, -0.1) is 0 Å². The Bertz CT molecular complexity index is 833. The lowest BCUT2D eigenvalue weighted by Crippen LogP contribution is -2.34. The van der Waals surface area contributed by atoms with Crippen LogP contribution < -0.4 is 10.2 Å². The van der Waals surface area contributed by atoms with E-state index in [1.807, 2.05) is 49.4 Å². The molecule has 5 heteroatoms. The molecule has 0 fully saturated rings. The van der Waals surface area contributed by atoms with Crippen molar-refractivity contribution in [1.29, 1.82) is 0 Å². The van der Waals surface area contributed by atoms with Gasteiger partial charge in [-0.1, -0.05) is 54.2 Å². The molecular weight excluding hydrogens is 344 g/mol. The highest BCUT2D eigenvalue weighted by Gasteiger charge is 2.26. The molecule has 2 aromatic rings. The lowest BCUT2D eigenvalue weighted by molar-refractivity contribution is -0.118. The molecule has 4 nitrogen and oxygen atoms in total. The summed E-state index contributed by atoms with van der Waals surface area (Å²) in [5.41, 5.74) is 2.12. The minimum atomic E-state index is -0.228. The molecule has 1 aliphatic heterocycles. The smallest absolute Gasteiger partial charge is 0.265 e. The maximum atomic E-state index is 12.5. The number of anilines is 1. The molecule has 0 saturated heterocycles. The van der Waals surface area contributed by atoms with Crippen LogP contribution in [0.4, 0.5) is 5.69 Å². The zero-order valence-electron chi connectivity index (χ0n) is 14.9. The second-order valence-electron chi connectivity index (χ2n) is 6.38. The van der Waals surface area contributed by atoms with Crippen LogP contribution in [0.1, 0.15) is 18.9 Å². The third-order valence-corrected chi connectivity index (χ3v) is 5.40. The van der Waals surface area contributed by atoms with Crippen LogP contribution in [0.2, 0.25) is 0 Å². The molecule has 0 radical (unpaired) electrons. The van der Waals surface area contributed by atoms with Crippen LogP contribution in [0.3, 0.4) is 0 Å². The summed E-state index contributed by atoms with van der Waals surface area (Å²) in [4.78, 5) is 27.8. The number of thioether (sulfide) groups is 1. The van der Waals surface area contributed by atoms with Crippen molar-refractivity contribution in [1.82, 2.24) is 5.32 Å². The maximum absolute atomic E-state index is 12.5. The number of benzene rings is 2. The average Bonchev–Trinajstić information content (AvgIpc) is 2.65. The fourth-order valence-electron chi connectivity index (χ4n) is 2.85. The number of likely N-dealkylation sites (N-methyl/N-ethyl adjacent to an activating group) is 1. The van der Waals surface area contributed by atoms with Gasteiger partial charge in [0.25, 0.3) is 5.91 Å². The monoisotopic (exact) mass is 366 g/mol. The molecule has 0 spiro atoms. The minimum Gasteiger partial charge on any atom is -0.350 e. The van der Waals surface area contributed by atoms with Crippen molar-refractivity contribution in [2.45, 2.75) is 30.7 Å². The molecular formula is C21H22N2O2S. The van der Waals surface area contributed by atoms with Crippen LogP contribution in [0.5, 0.6) is 0 Å². The number of rotatable bonds is 5. The van der Waals surface area contributed by atoms with Crippen LogP contribution in [-0.4, -0.2) is 24.9 Å². The standard InChI is InChI=1S/C21H22N2O2S/c1-15(12-13-16-8-4-3-5-9-16)22-20(24)14-19-21(25)23(2)17-10-6-7-11-18(17)26-19/h3-11,14-15H,12-13H2,1-2H3,(H,22,24)/b19-14+/t15-/m1/s1. The Morgan fingerprint density at radius 2 is 1.85 bits per heavy atom. The fourth-order valence-corrected chi connectivity index (χ4v) is 3.94. The van der Waals surface area contributed by atoms with Gasteiger partial charge >= 0.3 is 0 Å². The van der Waals surface area contributed by atoms with Crippen molar-refractivity contribution >= 4 is 29.3 Å². The highest BCUT2D eigenvalue weighted by molar-refractivity contribution is 8.04. The van der Waals surface area contributed by atoms with Gasteiger partial charge in [0.05, 0.1) is 10.6 Å². The number of fused-ring (bicyclic) bond motifs is 1. The van der Waals surface area contributed by atoms with E-state index in [1.54, 1.807) is 11.9 Å². The highest BCUT2D eigenvalue weighted by atomic mass is 32.2. The minimum absolute atomic E-state index is 0.0354. The second kappa shape index (κ2) is 8.23. The third-order valence-electron chi connectivity index (χ3n) is 4.32. The van der Waals surface area contributed by atoms with Crippen molar-refractivity contribution in [3.05, 3.63) is 71.1 Å². The molecule has 1 N–H and O–H groups in total. The lowest BCUT2D eigenvalue weighted by atomic mass is 10.1. The van der Waals surface area contributed by atoms with E-state index in [9.17, 15) is 9.59 Å². The van der Waals surface area contributed by atoms with E-state index in [0.29, 0.717) is 4.91 Å². The zero-order chi connectivity index (χ0) is 18.5. The number of carbonyl (C=O) groups excluding carboxylic acids is 2. The van der Waals surface area contributed by atoms with E-state index in [0.717, 1.165) is 23.4 Å². The Balaban J connectivity index is 1.60. The SMILES string of the molecule is C[C@H](CCc1ccccc1)NC(=O)/C=C1/Sc2ccccc2N(C)C1=O.